The Hall–Kier alpha value is -3.91. The number of ether oxygens (including phenoxy) is 1. The van der Waals surface area contributed by atoms with Gasteiger partial charge in [-0.3, -0.25) is 4.79 Å². The maximum absolute atomic E-state index is 13.6. The molecule has 1 unspecified atom stereocenters. The highest BCUT2D eigenvalue weighted by Crippen LogP contribution is 2.37. The molecule has 0 saturated heterocycles. The van der Waals surface area contributed by atoms with E-state index in [0.717, 1.165) is 11.1 Å². The number of carbonyl (C=O) groups is 1. The summed E-state index contributed by atoms with van der Waals surface area (Å²) in [5, 5.41) is 6.42. The summed E-state index contributed by atoms with van der Waals surface area (Å²) >= 11 is 0. The minimum Gasteiger partial charge on any atom is -0.446 e. The standard InChI is InChI=1S/C26H23N3O4S/c1-3-24(30)29-26(33-25(27-29)19-9-5-4-6-10-19)22-17-28(23-12-8-7-11-21(22)23)34(31,32)20-15-13-18(2)14-16-20/h4-17,26H,3H2,1-2H3. The molecule has 0 bridgehead atoms. The largest absolute Gasteiger partial charge is 0.446 e. The van der Waals surface area contributed by atoms with Crippen LogP contribution in [-0.2, 0) is 19.6 Å². The highest BCUT2D eigenvalue weighted by atomic mass is 32.2. The van der Waals surface area contributed by atoms with Crippen LogP contribution in [0.4, 0.5) is 0 Å². The summed E-state index contributed by atoms with van der Waals surface area (Å²) in [4.78, 5) is 13.0. The molecule has 1 amide bonds. The summed E-state index contributed by atoms with van der Waals surface area (Å²) in [6.07, 6.45) is 0.873. The first kappa shape index (κ1) is 21.9. The van der Waals surface area contributed by atoms with Crippen molar-refractivity contribution < 1.29 is 17.9 Å². The zero-order chi connectivity index (χ0) is 23.9. The number of fused-ring (bicyclic) bond motifs is 1. The predicted octanol–water partition coefficient (Wildman–Crippen LogP) is 4.82. The van der Waals surface area contributed by atoms with Crippen molar-refractivity contribution >= 4 is 32.7 Å². The van der Waals surface area contributed by atoms with Crippen molar-refractivity contribution in [3.8, 4) is 0 Å². The molecule has 1 aliphatic rings. The SMILES string of the molecule is CCC(=O)N1N=C(c2ccccc2)OC1c1cn(S(=O)(=O)c2ccc(C)cc2)c2ccccc12. The third kappa shape index (κ3) is 3.66. The molecule has 1 atom stereocenters. The summed E-state index contributed by atoms with van der Waals surface area (Å²) in [6, 6.07) is 23.2. The van der Waals surface area contributed by atoms with Crippen LogP contribution >= 0.6 is 0 Å². The summed E-state index contributed by atoms with van der Waals surface area (Å²) in [5.74, 6) is 0.0831. The van der Waals surface area contributed by atoms with Crippen LogP contribution in [0, 0.1) is 6.92 Å². The fourth-order valence-electron chi connectivity index (χ4n) is 3.97. The highest BCUT2D eigenvalue weighted by Gasteiger charge is 2.37. The highest BCUT2D eigenvalue weighted by molar-refractivity contribution is 7.90. The number of hydrazone groups is 1. The lowest BCUT2D eigenvalue weighted by atomic mass is 10.1. The molecule has 5 rings (SSSR count). The van der Waals surface area contributed by atoms with Crippen molar-refractivity contribution in [3.63, 3.8) is 0 Å². The molecule has 34 heavy (non-hydrogen) atoms. The first-order valence-corrected chi connectivity index (χ1v) is 12.4. The first-order chi connectivity index (χ1) is 16.4. The van der Waals surface area contributed by atoms with Crippen molar-refractivity contribution in [1.29, 1.82) is 0 Å². The Morgan fingerprint density at radius 1 is 0.971 bits per heavy atom. The van der Waals surface area contributed by atoms with Gasteiger partial charge < -0.3 is 4.74 Å². The number of hydrogen-bond donors (Lipinski definition) is 0. The molecule has 1 aromatic heterocycles. The Morgan fingerprint density at radius 2 is 1.65 bits per heavy atom. The second-order valence-corrected chi connectivity index (χ2v) is 9.86. The van der Waals surface area contributed by atoms with Crippen LogP contribution in [0.1, 0.15) is 36.3 Å². The van der Waals surface area contributed by atoms with Crippen molar-refractivity contribution in [2.75, 3.05) is 0 Å². The van der Waals surface area contributed by atoms with Crippen LogP contribution in [0.3, 0.4) is 0 Å². The zero-order valence-electron chi connectivity index (χ0n) is 18.8. The predicted molar refractivity (Wildman–Crippen MR) is 130 cm³/mol. The van der Waals surface area contributed by atoms with Gasteiger partial charge in [0.15, 0.2) is 0 Å². The molecule has 8 heteroatoms. The molecule has 0 fully saturated rings. The number of aryl methyl sites for hydroxylation is 1. The molecule has 172 valence electrons. The van der Waals surface area contributed by atoms with Crippen LogP contribution in [0.2, 0.25) is 0 Å². The van der Waals surface area contributed by atoms with Crippen LogP contribution in [0.15, 0.2) is 95.1 Å². The Morgan fingerprint density at radius 3 is 2.35 bits per heavy atom. The van der Waals surface area contributed by atoms with E-state index in [9.17, 15) is 13.2 Å². The maximum atomic E-state index is 13.6. The number of benzene rings is 3. The molecule has 3 aromatic carbocycles. The zero-order valence-corrected chi connectivity index (χ0v) is 19.6. The van der Waals surface area contributed by atoms with Crippen LogP contribution in [-0.4, -0.2) is 29.2 Å². The van der Waals surface area contributed by atoms with Gasteiger partial charge in [-0.15, -0.1) is 5.10 Å². The van der Waals surface area contributed by atoms with Crippen molar-refractivity contribution in [1.82, 2.24) is 8.98 Å². The maximum Gasteiger partial charge on any atom is 0.268 e. The topological polar surface area (TPSA) is 81.0 Å². The van der Waals surface area contributed by atoms with Crippen molar-refractivity contribution in [2.45, 2.75) is 31.4 Å². The first-order valence-electron chi connectivity index (χ1n) is 10.9. The van der Waals surface area contributed by atoms with E-state index in [4.69, 9.17) is 4.74 Å². The van der Waals surface area contributed by atoms with Crippen molar-refractivity contribution in [2.24, 2.45) is 5.10 Å². The molecule has 1 aliphatic heterocycles. The van der Waals surface area contributed by atoms with Gasteiger partial charge in [0, 0.05) is 29.1 Å². The fourth-order valence-corrected chi connectivity index (χ4v) is 5.35. The van der Waals surface area contributed by atoms with Gasteiger partial charge in [0.25, 0.3) is 10.0 Å². The molecule has 7 nitrogen and oxygen atoms in total. The smallest absolute Gasteiger partial charge is 0.268 e. The lowest BCUT2D eigenvalue weighted by Crippen LogP contribution is -2.27. The number of aromatic nitrogens is 1. The van der Waals surface area contributed by atoms with Crippen molar-refractivity contribution in [3.05, 3.63) is 102 Å². The number of nitrogens with zero attached hydrogens (tertiary/aromatic N) is 3. The minimum atomic E-state index is -3.88. The molecular weight excluding hydrogens is 450 g/mol. The number of carbonyl (C=O) groups excluding carboxylic acids is 1. The van der Waals surface area contributed by atoms with Gasteiger partial charge in [-0.2, -0.15) is 5.01 Å². The molecule has 0 spiro atoms. The van der Waals surface area contributed by atoms with Gasteiger partial charge in [0.05, 0.1) is 10.4 Å². The van der Waals surface area contributed by atoms with E-state index < -0.39 is 16.3 Å². The molecule has 0 aliphatic carbocycles. The molecular formula is C26H23N3O4S. The molecule has 0 saturated carbocycles. The summed E-state index contributed by atoms with van der Waals surface area (Å²) in [7, 11) is -3.88. The minimum absolute atomic E-state index is 0.181. The van der Waals surface area contributed by atoms with E-state index in [0.29, 0.717) is 22.4 Å². The van der Waals surface area contributed by atoms with E-state index in [2.05, 4.69) is 5.10 Å². The Balaban J connectivity index is 1.65. The van der Waals surface area contributed by atoms with E-state index in [1.165, 1.54) is 15.2 Å². The fraction of sp³-hybridized carbons (Fsp3) is 0.154. The number of para-hydroxylation sites is 1. The van der Waals surface area contributed by atoms with Gasteiger partial charge in [-0.05, 0) is 37.3 Å². The Labute approximate surface area is 197 Å². The summed E-state index contributed by atoms with van der Waals surface area (Å²) in [6.45, 7) is 3.65. The second-order valence-electron chi connectivity index (χ2n) is 8.05. The summed E-state index contributed by atoms with van der Waals surface area (Å²) in [5.41, 5.74) is 2.74. The van der Waals surface area contributed by atoms with E-state index in [1.807, 2.05) is 49.4 Å². The molecule has 0 N–H and O–H groups in total. The number of amides is 1. The van der Waals surface area contributed by atoms with E-state index >= 15 is 0 Å². The van der Waals surface area contributed by atoms with E-state index in [1.54, 1.807) is 43.3 Å². The lowest BCUT2D eigenvalue weighted by Gasteiger charge is -2.19. The van der Waals surface area contributed by atoms with Crippen LogP contribution in [0.5, 0.6) is 0 Å². The normalized spacial score (nSPS) is 15.9. The van der Waals surface area contributed by atoms with Crippen LogP contribution in [0.25, 0.3) is 10.9 Å². The van der Waals surface area contributed by atoms with Gasteiger partial charge in [0.1, 0.15) is 0 Å². The average molecular weight is 474 g/mol. The second kappa shape index (κ2) is 8.46. The lowest BCUT2D eigenvalue weighted by molar-refractivity contribution is -0.137. The molecule has 4 aromatic rings. The quantitative estimate of drug-likeness (QED) is 0.416. The monoisotopic (exact) mass is 473 g/mol. The average Bonchev–Trinajstić information content (AvgIpc) is 3.47. The summed E-state index contributed by atoms with van der Waals surface area (Å²) < 4.78 is 34.5. The molecule has 0 radical (unpaired) electrons. The van der Waals surface area contributed by atoms with Gasteiger partial charge in [-0.25, -0.2) is 12.4 Å². The van der Waals surface area contributed by atoms with E-state index in [-0.39, 0.29) is 17.2 Å². The Bertz CT molecular complexity index is 1510. The van der Waals surface area contributed by atoms with Gasteiger partial charge >= 0.3 is 0 Å². The van der Waals surface area contributed by atoms with Gasteiger partial charge in [0.2, 0.25) is 18.0 Å². The third-order valence-corrected chi connectivity index (χ3v) is 7.46. The van der Waals surface area contributed by atoms with Crippen LogP contribution < -0.4 is 0 Å². The van der Waals surface area contributed by atoms with Gasteiger partial charge in [-0.1, -0.05) is 61.0 Å². The number of rotatable bonds is 5. The third-order valence-electron chi connectivity index (χ3n) is 5.78. The number of hydrogen-bond acceptors (Lipinski definition) is 5. The molecule has 2 heterocycles. The Kier molecular flexibility index (Phi) is 5.45.